The van der Waals surface area contributed by atoms with E-state index >= 15 is 0 Å². The third kappa shape index (κ3) is 1.94. The molecule has 0 spiro atoms. The molecule has 0 fully saturated rings. The number of hydrogen-bond donors (Lipinski definition) is 0. The second-order valence-corrected chi connectivity index (χ2v) is 3.25. The first-order valence-corrected chi connectivity index (χ1v) is 4.16. The summed E-state index contributed by atoms with van der Waals surface area (Å²) >= 11 is 0. The Morgan fingerprint density at radius 3 is 2.58 bits per heavy atom. The van der Waals surface area contributed by atoms with E-state index in [0.717, 1.165) is 17.6 Å². The Labute approximate surface area is 73.5 Å². The third-order valence-electron chi connectivity index (χ3n) is 2.11. The van der Waals surface area contributed by atoms with Crippen molar-refractivity contribution in [1.82, 2.24) is 0 Å². The van der Waals surface area contributed by atoms with Gasteiger partial charge in [0.25, 0.3) is 0 Å². The SMILES string of the molecule is C=C(C)C1=CCC(C(C)=O)C=C1. The smallest absolute Gasteiger partial charge is 0.136 e. The topological polar surface area (TPSA) is 17.1 Å². The lowest BCUT2D eigenvalue weighted by Crippen LogP contribution is -2.09. The van der Waals surface area contributed by atoms with Crippen LogP contribution in [0.5, 0.6) is 0 Å². The fourth-order valence-corrected chi connectivity index (χ4v) is 1.24. The molecule has 0 aromatic heterocycles. The summed E-state index contributed by atoms with van der Waals surface area (Å²) in [5.41, 5.74) is 2.22. The van der Waals surface area contributed by atoms with Crippen LogP contribution in [0.15, 0.2) is 36.0 Å². The molecule has 0 heterocycles. The number of hydrogen-bond acceptors (Lipinski definition) is 1. The molecule has 0 N–H and O–H groups in total. The van der Waals surface area contributed by atoms with Crippen LogP contribution >= 0.6 is 0 Å². The summed E-state index contributed by atoms with van der Waals surface area (Å²) < 4.78 is 0. The van der Waals surface area contributed by atoms with Gasteiger partial charge in [0.05, 0.1) is 0 Å². The molecule has 0 radical (unpaired) electrons. The maximum Gasteiger partial charge on any atom is 0.136 e. The first-order valence-electron chi connectivity index (χ1n) is 4.16. The Morgan fingerprint density at radius 2 is 2.25 bits per heavy atom. The quantitative estimate of drug-likeness (QED) is 0.610. The van der Waals surface area contributed by atoms with Crippen LogP contribution in [0.25, 0.3) is 0 Å². The number of allylic oxidation sites excluding steroid dienone is 5. The van der Waals surface area contributed by atoms with Crippen molar-refractivity contribution < 1.29 is 4.79 Å². The van der Waals surface area contributed by atoms with Gasteiger partial charge in [-0.1, -0.05) is 30.4 Å². The number of carbonyl (C=O) groups excluding carboxylic acids is 1. The van der Waals surface area contributed by atoms with Gasteiger partial charge >= 0.3 is 0 Å². The predicted octanol–water partition coefficient (Wildman–Crippen LogP) is 2.65. The molecule has 0 saturated carbocycles. The van der Waals surface area contributed by atoms with Crippen LogP contribution < -0.4 is 0 Å². The van der Waals surface area contributed by atoms with Crippen LogP contribution in [-0.2, 0) is 4.79 Å². The van der Waals surface area contributed by atoms with Crippen molar-refractivity contribution in [3.05, 3.63) is 36.0 Å². The van der Waals surface area contributed by atoms with Gasteiger partial charge in [0, 0.05) is 5.92 Å². The Hall–Kier alpha value is -1.11. The van der Waals surface area contributed by atoms with Crippen molar-refractivity contribution in [2.45, 2.75) is 20.3 Å². The molecule has 64 valence electrons. The normalized spacial score (nSPS) is 21.8. The van der Waals surface area contributed by atoms with E-state index in [-0.39, 0.29) is 11.7 Å². The van der Waals surface area contributed by atoms with E-state index in [0.29, 0.717) is 0 Å². The van der Waals surface area contributed by atoms with Gasteiger partial charge in [0.2, 0.25) is 0 Å². The molecule has 0 aromatic rings. The molecule has 1 aliphatic rings. The maximum absolute atomic E-state index is 11.0. The molecule has 0 bridgehead atoms. The highest BCUT2D eigenvalue weighted by molar-refractivity contribution is 5.80. The summed E-state index contributed by atoms with van der Waals surface area (Å²) in [5, 5.41) is 0. The molecule has 1 aliphatic carbocycles. The molecule has 0 saturated heterocycles. The lowest BCUT2D eigenvalue weighted by atomic mass is 9.92. The zero-order chi connectivity index (χ0) is 9.14. The molecular weight excluding hydrogens is 148 g/mol. The van der Waals surface area contributed by atoms with Crippen LogP contribution in [0.2, 0.25) is 0 Å². The summed E-state index contributed by atoms with van der Waals surface area (Å²) in [6, 6.07) is 0. The lowest BCUT2D eigenvalue weighted by molar-refractivity contribution is -0.119. The fraction of sp³-hybridized carbons (Fsp3) is 0.364. The van der Waals surface area contributed by atoms with Crippen molar-refractivity contribution in [3.8, 4) is 0 Å². The molecule has 0 aliphatic heterocycles. The summed E-state index contributed by atoms with van der Waals surface area (Å²) in [7, 11) is 0. The Bertz CT molecular complexity index is 269. The molecule has 0 aromatic carbocycles. The van der Waals surface area contributed by atoms with Crippen LogP contribution in [0.4, 0.5) is 0 Å². The first-order chi connectivity index (χ1) is 5.61. The van der Waals surface area contributed by atoms with Gasteiger partial charge in [-0.25, -0.2) is 0 Å². The van der Waals surface area contributed by atoms with E-state index in [1.54, 1.807) is 6.92 Å². The number of Topliss-reactive ketones (excluding diaryl/α,β-unsaturated/α-hetero) is 1. The molecule has 1 atom stereocenters. The van der Waals surface area contributed by atoms with Crippen molar-refractivity contribution in [2.75, 3.05) is 0 Å². The molecule has 1 heteroatoms. The van der Waals surface area contributed by atoms with Gasteiger partial charge in [-0.2, -0.15) is 0 Å². The summed E-state index contributed by atoms with van der Waals surface area (Å²) in [6.07, 6.45) is 6.85. The van der Waals surface area contributed by atoms with Gasteiger partial charge in [-0.15, -0.1) is 0 Å². The van der Waals surface area contributed by atoms with Gasteiger partial charge in [-0.3, -0.25) is 4.79 Å². The number of rotatable bonds is 2. The molecule has 1 unspecified atom stereocenters. The minimum Gasteiger partial charge on any atom is -0.299 e. The third-order valence-corrected chi connectivity index (χ3v) is 2.11. The Balaban J connectivity index is 2.68. The van der Waals surface area contributed by atoms with E-state index < -0.39 is 0 Å². The Morgan fingerprint density at radius 1 is 1.58 bits per heavy atom. The second-order valence-electron chi connectivity index (χ2n) is 3.25. The highest BCUT2D eigenvalue weighted by Gasteiger charge is 2.12. The average molecular weight is 162 g/mol. The van der Waals surface area contributed by atoms with Crippen LogP contribution in [0, 0.1) is 5.92 Å². The van der Waals surface area contributed by atoms with Gasteiger partial charge in [0.15, 0.2) is 0 Å². The molecule has 0 amide bonds. The maximum atomic E-state index is 11.0. The molecule has 1 rings (SSSR count). The zero-order valence-electron chi connectivity index (χ0n) is 7.63. The summed E-state index contributed by atoms with van der Waals surface area (Å²) in [6.45, 7) is 7.45. The number of ketones is 1. The molecule has 1 nitrogen and oxygen atoms in total. The highest BCUT2D eigenvalue weighted by atomic mass is 16.1. The molecule has 12 heavy (non-hydrogen) atoms. The Kier molecular flexibility index (Phi) is 2.64. The largest absolute Gasteiger partial charge is 0.299 e. The van der Waals surface area contributed by atoms with Crippen LogP contribution in [0.1, 0.15) is 20.3 Å². The first kappa shape index (κ1) is 8.98. The van der Waals surface area contributed by atoms with Crippen molar-refractivity contribution >= 4 is 5.78 Å². The van der Waals surface area contributed by atoms with Crippen LogP contribution in [-0.4, -0.2) is 5.78 Å². The van der Waals surface area contributed by atoms with Crippen molar-refractivity contribution in [3.63, 3.8) is 0 Å². The standard InChI is InChI=1S/C11H14O/c1-8(2)10-4-6-11(7-5-10)9(3)12/h4-6,11H,1,7H2,2-3H3. The van der Waals surface area contributed by atoms with Crippen molar-refractivity contribution in [2.24, 2.45) is 5.92 Å². The second kappa shape index (κ2) is 3.53. The predicted molar refractivity (Wildman–Crippen MR) is 50.8 cm³/mol. The van der Waals surface area contributed by atoms with E-state index in [1.165, 1.54) is 0 Å². The van der Waals surface area contributed by atoms with Crippen molar-refractivity contribution in [1.29, 1.82) is 0 Å². The summed E-state index contributed by atoms with van der Waals surface area (Å²) in [5.74, 6) is 0.330. The van der Waals surface area contributed by atoms with E-state index in [9.17, 15) is 4.79 Å². The summed E-state index contributed by atoms with van der Waals surface area (Å²) in [4.78, 5) is 11.0. The van der Waals surface area contributed by atoms with Gasteiger partial charge in [0.1, 0.15) is 5.78 Å². The highest BCUT2D eigenvalue weighted by Crippen LogP contribution is 2.20. The lowest BCUT2D eigenvalue weighted by Gasteiger charge is -2.12. The van der Waals surface area contributed by atoms with Gasteiger partial charge < -0.3 is 0 Å². The monoisotopic (exact) mass is 162 g/mol. The zero-order valence-corrected chi connectivity index (χ0v) is 7.63. The average Bonchev–Trinajstić information content (AvgIpc) is 2.04. The van der Waals surface area contributed by atoms with Crippen LogP contribution in [0.3, 0.4) is 0 Å². The fourth-order valence-electron chi connectivity index (χ4n) is 1.24. The minimum absolute atomic E-state index is 0.0908. The van der Waals surface area contributed by atoms with E-state index in [2.05, 4.69) is 12.7 Å². The minimum atomic E-state index is 0.0908. The van der Waals surface area contributed by atoms with E-state index in [4.69, 9.17) is 0 Å². The number of carbonyl (C=O) groups is 1. The van der Waals surface area contributed by atoms with E-state index in [1.807, 2.05) is 19.1 Å². The molecular formula is C11H14O. The van der Waals surface area contributed by atoms with Gasteiger partial charge in [-0.05, 0) is 25.8 Å².